The Morgan fingerprint density at radius 1 is 1.18 bits per heavy atom. The van der Waals surface area contributed by atoms with Crippen LogP contribution in [-0.2, 0) is 4.74 Å². The third kappa shape index (κ3) is 11.5. The molecule has 0 amide bonds. The Bertz CT molecular complexity index is 193. The summed E-state index contributed by atoms with van der Waals surface area (Å²) >= 11 is 0. The molecule has 2 N–H and O–H groups in total. The quantitative estimate of drug-likeness (QED) is 0.370. The van der Waals surface area contributed by atoms with Gasteiger partial charge in [0.25, 0.3) is 0 Å². The number of hydrogen-bond acceptors (Lipinski definition) is 2. The molecule has 0 aliphatic carbocycles. The number of aliphatic imine (C=N–C) groups is 1. The SMILES string of the molecule is CCNC(=NCC(C)C)NCCCCOCC. The van der Waals surface area contributed by atoms with Crippen molar-refractivity contribution >= 4 is 5.96 Å². The first-order valence-corrected chi connectivity index (χ1v) is 6.80. The fraction of sp³-hybridized carbons (Fsp3) is 0.923. The lowest BCUT2D eigenvalue weighted by Gasteiger charge is -2.11. The standard InChI is InChI=1S/C13H29N3O/c1-5-14-13(16-11-12(3)4)15-9-7-8-10-17-6-2/h12H,5-11H2,1-4H3,(H2,14,15,16). The molecule has 0 spiro atoms. The molecule has 0 fully saturated rings. The van der Waals surface area contributed by atoms with E-state index in [4.69, 9.17) is 4.74 Å². The van der Waals surface area contributed by atoms with Gasteiger partial charge in [0.2, 0.25) is 0 Å². The summed E-state index contributed by atoms with van der Waals surface area (Å²) in [5, 5.41) is 6.58. The summed E-state index contributed by atoms with van der Waals surface area (Å²) in [5.74, 6) is 1.53. The van der Waals surface area contributed by atoms with Crippen molar-refractivity contribution in [2.45, 2.75) is 40.5 Å². The highest BCUT2D eigenvalue weighted by Crippen LogP contribution is 1.92. The van der Waals surface area contributed by atoms with Crippen LogP contribution >= 0.6 is 0 Å². The van der Waals surface area contributed by atoms with Crippen molar-refractivity contribution in [1.82, 2.24) is 10.6 Å². The Labute approximate surface area is 106 Å². The maximum Gasteiger partial charge on any atom is 0.191 e. The zero-order valence-corrected chi connectivity index (χ0v) is 11.9. The summed E-state index contributed by atoms with van der Waals surface area (Å²) < 4.78 is 5.29. The maximum atomic E-state index is 5.29. The van der Waals surface area contributed by atoms with Crippen LogP contribution in [0.25, 0.3) is 0 Å². The van der Waals surface area contributed by atoms with E-state index >= 15 is 0 Å². The van der Waals surface area contributed by atoms with Crippen LogP contribution < -0.4 is 10.6 Å². The van der Waals surface area contributed by atoms with Gasteiger partial charge in [-0.25, -0.2) is 0 Å². The predicted molar refractivity (Wildman–Crippen MR) is 74.5 cm³/mol. The normalized spacial score (nSPS) is 11.9. The molecule has 0 unspecified atom stereocenters. The maximum absolute atomic E-state index is 5.29. The number of hydrogen-bond donors (Lipinski definition) is 2. The fourth-order valence-corrected chi connectivity index (χ4v) is 1.30. The van der Waals surface area contributed by atoms with Gasteiger partial charge in [0, 0.05) is 32.8 Å². The molecule has 0 aromatic heterocycles. The van der Waals surface area contributed by atoms with Gasteiger partial charge in [-0.05, 0) is 32.6 Å². The zero-order valence-electron chi connectivity index (χ0n) is 11.9. The molecule has 0 saturated carbocycles. The first kappa shape index (κ1) is 16.2. The van der Waals surface area contributed by atoms with Gasteiger partial charge in [-0.1, -0.05) is 13.8 Å². The van der Waals surface area contributed by atoms with Crippen LogP contribution in [0.15, 0.2) is 4.99 Å². The minimum absolute atomic E-state index is 0.600. The molecule has 4 heteroatoms. The van der Waals surface area contributed by atoms with E-state index in [1.807, 2.05) is 6.92 Å². The molecule has 0 aromatic carbocycles. The molecule has 0 saturated heterocycles. The molecule has 0 bridgehead atoms. The summed E-state index contributed by atoms with van der Waals surface area (Å²) in [5.41, 5.74) is 0. The third-order valence-electron chi connectivity index (χ3n) is 2.17. The van der Waals surface area contributed by atoms with Gasteiger partial charge in [0.05, 0.1) is 0 Å². The van der Waals surface area contributed by atoms with E-state index in [9.17, 15) is 0 Å². The summed E-state index contributed by atoms with van der Waals surface area (Å²) in [7, 11) is 0. The summed E-state index contributed by atoms with van der Waals surface area (Å²) in [6.07, 6.45) is 2.22. The van der Waals surface area contributed by atoms with E-state index in [0.29, 0.717) is 5.92 Å². The second kappa shape index (κ2) is 11.7. The second-order valence-electron chi connectivity index (χ2n) is 4.44. The fourth-order valence-electron chi connectivity index (χ4n) is 1.30. The van der Waals surface area contributed by atoms with Gasteiger partial charge in [0.1, 0.15) is 0 Å². The van der Waals surface area contributed by atoms with Crippen LogP contribution in [0.4, 0.5) is 0 Å². The molecule has 17 heavy (non-hydrogen) atoms. The van der Waals surface area contributed by atoms with Crippen molar-refractivity contribution < 1.29 is 4.74 Å². The van der Waals surface area contributed by atoms with E-state index in [0.717, 1.165) is 51.6 Å². The second-order valence-corrected chi connectivity index (χ2v) is 4.44. The molecule has 0 rings (SSSR count). The van der Waals surface area contributed by atoms with E-state index in [1.165, 1.54) is 0 Å². The average molecular weight is 243 g/mol. The first-order valence-electron chi connectivity index (χ1n) is 6.80. The largest absolute Gasteiger partial charge is 0.382 e. The zero-order chi connectivity index (χ0) is 12.9. The van der Waals surface area contributed by atoms with Crippen LogP contribution in [0.3, 0.4) is 0 Å². The van der Waals surface area contributed by atoms with Crippen molar-refractivity contribution in [3.05, 3.63) is 0 Å². The number of guanidine groups is 1. The van der Waals surface area contributed by atoms with Gasteiger partial charge in [0.15, 0.2) is 5.96 Å². The Hall–Kier alpha value is -0.770. The highest BCUT2D eigenvalue weighted by atomic mass is 16.5. The van der Waals surface area contributed by atoms with Crippen molar-refractivity contribution in [3.63, 3.8) is 0 Å². The average Bonchev–Trinajstić information content (AvgIpc) is 2.30. The van der Waals surface area contributed by atoms with E-state index in [2.05, 4.69) is 36.4 Å². The highest BCUT2D eigenvalue weighted by Gasteiger charge is 1.97. The van der Waals surface area contributed by atoms with Crippen molar-refractivity contribution in [3.8, 4) is 0 Å². The number of nitrogens with zero attached hydrogens (tertiary/aromatic N) is 1. The van der Waals surface area contributed by atoms with Gasteiger partial charge in [-0.15, -0.1) is 0 Å². The van der Waals surface area contributed by atoms with Crippen molar-refractivity contribution in [1.29, 1.82) is 0 Å². The Morgan fingerprint density at radius 2 is 1.94 bits per heavy atom. The Kier molecular flexibility index (Phi) is 11.2. The molecule has 0 heterocycles. The minimum Gasteiger partial charge on any atom is -0.382 e. The lowest BCUT2D eigenvalue weighted by atomic mass is 10.2. The summed E-state index contributed by atoms with van der Waals surface area (Å²) in [6.45, 7) is 12.9. The summed E-state index contributed by atoms with van der Waals surface area (Å²) in [6, 6.07) is 0. The number of ether oxygens (including phenoxy) is 1. The summed E-state index contributed by atoms with van der Waals surface area (Å²) in [4.78, 5) is 4.51. The van der Waals surface area contributed by atoms with Gasteiger partial charge in [-0.2, -0.15) is 0 Å². The predicted octanol–water partition coefficient (Wildman–Crippen LogP) is 2.01. The monoisotopic (exact) mass is 243 g/mol. The van der Waals surface area contributed by atoms with Crippen LogP contribution in [0.5, 0.6) is 0 Å². The van der Waals surface area contributed by atoms with E-state index in [1.54, 1.807) is 0 Å². The van der Waals surface area contributed by atoms with Gasteiger partial charge in [-0.3, -0.25) is 4.99 Å². The molecule has 0 aliphatic rings. The number of unbranched alkanes of at least 4 members (excludes halogenated alkanes) is 1. The minimum atomic E-state index is 0.600. The molecule has 0 aliphatic heterocycles. The van der Waals surface area contributed by atoms with E-state index < -0.39 is 0 Å². The van der Waals surface area contributed by atoms with E-state index in [-0.39, 0.29) is 0 Å². The molecule has 0 radical (unpaired) electrons. The molecular weight excluding hydrogens is 214 g/mol. The van der Waals surface area contributed by atoms with Crippen LogP contribution in [-0.4, -0.2) is 38.8 Å². The lowest BCUT2D eigenvalue weighted by Crippen LogP contribution is -2.38. The number of nitrogens with one attached hydrogen (secondary N) is 2. The Balaban J connectivity index is 3.66. The van der Waals surface area contributed by atoms with Crippen LogP contribution in [0, 0.1) is 5.92 Å². The topological polar surface area (TPSA) is 45.7 Å². The lowest BCUT2D eigenvalue weighted by molar-refractivity contribution is 0.143. The molecule has 0 atom stereocenters. The molecular formula is C13H29N3O. The van der Waals surface area contributed by atoms with Crippen LogP contribution in [0.1, 0.15) is 40.5 Å². The Morgan fingerprint density at radius 3 is 2.53 bits per heavy atom. The first-order chi connectivity index (χ1) is 8.20. The smallest absolute Gasteiger partial charge is 0.191 e. The molecule has 0 aromatic rings. The molecule has 102 valence electrons. The third-order valence-corrected chi connectivity index (χ3v) is 2.17. The highest BCUT2D eigenvalue weighted by molar-refractivity contribution is 5.79. The van der Waals surface area contributed by atoms with Gasteiger partial charge < -0.3 is 15.4 Å². The van der Waals surface area contributed by atoms with Crippen molar-refractivity contribution in [2.24, 2.45) is 10.9 Å². The van der Waals surface area contributed by atoms with Gasteiger partial charge >= 0.3 is 0 Å². The van der Waals surface area contributed by atoms with Crippen LogP contribution in [0.2, 0.25) is 0 Å². The number of rotatable bonds is 9. The molecule has 4 nitrogen and oxygen atoms in total. The van der Waals surface area contributed by atoms with Crippen molar-refractivity contribution in [2.75, 3.05) is 32.8 Å².